The predicted molar refractivity (Wildman–Crippen MR) is 97.1 cm³/mol. The van der Waals surface area contributed by atoms with E-state index in [4.69, 9.17) is 0 Å². The molecule has 0 aromatic heterocycles. The molecule has 0 aliphatic rings. The van der Waals surface area contributed by atoms with Gasteiger partial charge < -0.3 is 10.2 Å². The molecule has 1 atom stereocenters. The van der Waals surface area contributed by atoms with Crippen molar-refractivity contribution in [1.82, 2.24) is 5.32 Å². The molecule has 1 amide bonds. The molecule has 6 heteroatoms. The van der Waals surface area contributed by atoms with E-state index in [1.165, 1.54) is 23.1 Å². The molecule has 0 heterocycles. The summed E-state index contributed by atoms with van der Waals surface area (Å²) >= 11 is 0. The van der Waals surface area contributed by atoms with Crippen LogP contribution in [0.3, 0.4) is 0 Å². The van der Waals surface area contributed by atoms with Gasteiger partial charge in [-0.25, -0.2) is 0 Å². The van der Waals surface area contributed by atoms with Crippen LogP contribution in [0.4, 0.5) is 5.69 Å². The molecule has 2 aromatic rings. The fourth-order valence-corrected chi connectivity index (χ4v) is 2.48. The maximum atomic E-state index is 12.3. The highest BCUT2D eigenvalue weighted by molar-refractivity contribution is 5.92. The van der Waals surface area contributed by atoms with Crippen molar-refractivity contribution in [3.05, 3.63) is 81.9 Å². The summed E-state index contributed by atoms with van der Waals surface area (Å²) in [4.78, 5) is 23.8. The van der Waals surface area contributed by atoms with Crippen molar-refractivity contribution in [2.24, 2.45) is 0 Å². The maximum absolute atomic E-state index is 12.3. The zero-order valence-electron chi connectivity index (χ0n) is 14.3. The van der Waals surface area contributed by atoms with Crippen LogP contribution in [-0.4, -0.2) is 31.5 Å². The topological polar surface area (TPSA) is 76.7 Å². The monoisotopic (exact) mass is 340 g/mol. The smallest absolute Gasteiger partial charge is 0.270 e. The Hall–Kier alpha value is -2.99. The molecular formula is C19H22N3O3+. The lowest BCUT2D eigenvalue weighted by molar-refractivity contribution is -0.860. The van der Waals surface area contributed by atoms with Crippen molar-refractivity contribution in [3.63, 3.8) is 0 Å². The SMILES string of the molecule is C[NH+](C)C[C@H](NC(=O)/C=C/c1cccc([N+](=O)[O-])c1)c1ccccc1. The minimum Gasteiger partial charge on any atom is -0.340 e. The molecule has 0 spiro atoms. The van der Waals surface area contributed by atoms with Crippen molar-refractivity contribution in [2.45, 2.75) is 6.04 Å². The molecule has 25 heavy (non-hydrogen) atoms. The van der Waals surface area contributed by atoms with Gasteiger partial charge in [0.15, 0.2) is 0 Å². The average molecular weight is 340 g/mol. The van der Waals surface area contributed by atoms with Crippen LogP contribution in [0.15, 0.2) is 60.7 Å². The summed E-state index contributed by atoms with van der Waals surface area (Å²) in [7, 11) is 4.06. The van der Waals surface area contributed by atoms with Crippen LogP contribution in [0.2, 0.25) is 0 Å². The van der Waals surface area contributed by atoms with Gasteiger partial charge in [-0.05, 0) is 17.2 Å². The molecule has 0 bridgehead atoms. The van der Waals surface area contributed by atoms with Crippen LogP contribution in [0.5, 0.6) is 0 Å². The molecule has 2 N–H and O–H groups in total. The largest absolute Gasteiger partial charge is 0.340 e. The van der Waals surface area contributed by atoms with Crippen molar-refractivity contribution >= 4 is 17.7 Å². The summed E-state index contributed by atoms with van der Waals surface area (Å²) in [5, 5.41) is 13.8. The fraction of sp³-hybridized carbons (Fsp3) is 0.211. The highest BCUT2D eigenvalue weighted by Gasteiger charge is 2.16. The van der Waals surface area contributed by atoms with Crippen molar-refractivity contribution in [3.8, 4) is 0 Å². The molecule has 2 rings (SSSR count). The molecule has 0 aliphatic heterocycles. The number of likely N-dealkylation sites (N-methyl/N-ethyl adjacent to an activating group) is 1. The Balaban J connectivity index is 2.08. The Morgan fingerprint density at radius 1 is 1.20 bits per heavy atom. The summed E-state index contributed by atoms with van der Waals surface area (Å²) in [6.07, 6.45) is 2.98. The highest BCUT2D eigenvalue weighted by atomic mass is 16.6. The van der Waals surface area contributed by atoms with E-state index < -0.39 is 4.92 Å². The third-order valence-electron chi connectivity index (χ3n) is 3.64. The number of carbonyl (C=O) groups excluding carboxylic acids is 1. The molecule has 6 nitrogen and oxygen atoms in total. The first-order valence-electron chi connectivity index (χ1n) is 8.02. The molecule has 0 fully saturated rings. The first-order chi connectivity index (χ1) is 12.0. The summed E-state index contributed by atoms with van der Waals surface area (Å²) in [5.41, 5.74) is 1.65. The van der Waals surface area contributed by atoms with Crippen LogP contribution in [0.25, 0.3) is 6.08 Å². The number of amides is 1. The molecule has 0 aliphatic carbocycles. The number of quaternary nitrogens is 1. The van der Waals surface area contributed by atoms with Crippen LogP contribution < -0.4 is 10.2 Å². The summed E-state index contributed by atoms with van der Waals surface area (Å²) in [6.45, 7) is 0.750. The lowest BCUT2D eigenvalue weighted by Crippen LogP contribution is -3.06. The quantitative estimate of drug-likeness (QED) is 0.457. The van der Waals surface area contributed by atoms with Gasteiger partial charge in [0.1, 0.15) is 12.6 Å². The summed E-state index contributed by atoms with van der Waals surface area (Å²) in [6, 6.07) is 15.9. The van der Waals surface area contributed by atoms with Crippen molar-refractivity contribution in [1.29, 1.82) is 0 Å². The second-order valence-corrected chi connectivity index (χ2v) is 6.07. The number of hydrogen-bond acceptors (Lipinski definition) is 3. The lowest BCUT2D eigenvalue weighted by Gasteiger charge is -2.20. The average Bonchev–Trinajstić information content (AvgIpc) is 2.60. The Morgan fingerprint density at radius 2 is 1.92 bits per heavy atom. The second kappa shape index (κ2) is 8.75. The molecular weight excluding hydrogens is 318 g/mol. The van der Waals surface area contributed by atoms with E-state index in [1.807, 2.05) is 44.4 Å². The maximum Gasteiger partial charge on any atom is 0.270 e. The number of nitrogens with one attached hydrogen (secondary N) is 2. The standard InChI is InChI=1S/C19H21N3O3/c1-21(2)14-18(16-8-4-3-5-9-16)20-19(23)12-11-15-7-6-10-17(13-15)22(24)25/h3-13,18H,14H2,1-2H3,(H,20,23)/p+1/b12-11+/t18-/m0/s1. The lowest BCUT2D eigenvalue weighted by atomic mass is 10.1. The van der Waals surface area contributed by atoms with Crippen molar-refractivity contribution in [2.75, 3.05) is 20.6 Å². The van der Waals surface area contributed by atoms with Gasteiger partial charge in [-0.1, -0.05) is 42.5 Å². The van der Waals surface area contributed by atoms with Gasteiger partial charge in [-0.15, -0.1) is 0 Å². The van der Waals surface area contributed by atoms with E-state index in [9.17, 15) is 14.9 Å². The summed E-state index contributed by atoms with van der Waals surface area (Å²) < 4.78 is 0. The van der Waals surface area contributed by atoms with Gasteiger partial charge in [-0.2, -0.15) is 0 Å². The number of nitro benzene ring substituents is 1. The van der Waals surface area contributed by atoms with Crippen molar-refractivity contribution < 1.29 is 14.6 Å². The molecule has 0 radical (unpaired) electrons. The van der Waals surface area contributed by atoms with E-state index in [0.717, 1.165) is 12.1 Å². The molecule has 0 unspecified atom stereocenters. The number of nitro groups is 1. The molecule has 0 saturated heterocycles. The first-order valence-corrected chi connectivity index (χ1v) is 8.02. The second-order valence-electron chi connectivity index (χ2n) is 6.07. The van der Waals surface area contributed by atoms with Gasteiger partial charge >= 0.3 is 0 Å². The van der Waals surface area contributed by atoms with Gasteiger partial charge in [-0.3, -0.25) is 14.9 Å². The summed E-state index contributed by atoms with van der Waals surface area (Å²) in [5.74, 6) is -0.235. The number of nitrogens with zero attached hydrogens (tertiary/aromatic N) is 1. The van der Waals surface area contributed by atoms with E-state index in [-0.39, 0.29) is 17.6 Å². The van der Waals surface area contributed by atoms with E-state index in [1.54, 1.807) is 18.2 Å². The first kappa shape index (κ1) is 18.4. The van der Waals surface area contributed by atoms with Crippen LogP contribution >= 0.6 is 0 Å². The third-order valence-corrected chi connectivity index (χ3v) is 3.64. The Morgan fingerprint density at radius 3 is 2.56 bits per heavy atom. The van der Waals surface area contributed by atoms with Gasteiger partial charge in [0.2, 0.25) is 5.91 Å². The zero-order valence-corrected chi connectivity index (χ0v) is 14.3. The van der Waals surface area contributed by atoms with Gasteiger partial charge in [0.05, 0.1) is 19.0 Å². The highest BCUT2D eigenvalue weighted by Crippen LogP contribution is 2.14. The van der Waals surface area contributed by atoms with E-state index >= 15 is 0 Å². The molecule has 2 aromatic carbocycles. The number of non-ortho nitro benzene ring substituents is 1. The van der Waals surface area contributed by atoms with E-state index in [2.05, 4.69) is 5.32 Å². The van der Waals surface area contributed by atoms with Crippen LogP contribution in [0, 0.1) is 10.1 Å². The number of hydrogen-bond donors (Lipinski definition) is 2. The van der Waals surface area contributed by atoms with Gasteiger partial charge in [0.25, 0.3) is 5.69 Å². The zero-order chi connectivity index (χ0) is 18.2. The van der Waals surface area contributed by atoms with E-state index in [0.29, 0.717) is 5.56 Å². The van der Waals surface area contributed by atoms with Crippen LogP contribution in [-0.2, 0) is 4.79 Å². The molecule has 130 valence electrons. The third kappa shape index (κ3) is 5.86. The molecule has 0 saturated carbocycles. The Bertz CT molecular complexity index is 758. The minimum atomic E-state index is -0.456. The Kier molecular flexibility index (Phi) is 6.42. The number of benzene rings is 2. The van der Waals surface area contributed by atoms with Gasteiger partial charge in [0, 0.05) is 18.2 Å². The van der Waals surface area contributed by atoms with Crippen LogP contribution in [0.1, 0.15) is 17.2 Å². The Labute approximate surface area is 146 Å². The number of carbonyl (C=O) groups is 1. The fourth-order valence-electron chi connectivity index (χ4n) is 2.48. The minimum absolute atomic E-state index is 0.000859. The predicted octanol–water partition coefficient (Wildman–Crippen LogP) is 1.61. The normalized spacial score (nSPS) is 12.3. The number of rotatable bonds is 7.